The predicted octanol–water partition coefficient (Wildman–Crippen LogP) is 0.539. The van der Waals surface area contributed by atoms with Crippen LogP contribution in [0.4, 0.5) is 0 Å². The molecule has 0 amide bonds. The van der Waals surface area contributed by atoms with Gasteiger partial charge in [0.25, 0.3) is 0 Å². The molecule has 0 spiro atoms. The second-order valence-electron chi connectivity index (χ2n) is 3.94. The fourth-order valence-electron chi connectivity index (χ4n) is 1.80. The molecule has 0 aromatic rings. The van der Waals surface area contributed by atoms with E-state index in [0.29, 0.717) is 19.6 Å². The standard InChI is InChI=1S/C9H18NO5P/c1-2-6-15-9(11)8-4-3-5-10(8)7-16(12,13)14/h8H,2-7H2,1H3,(H2,12,13,14). The number of esters is 1. The summed E-state index contributed by atoms with van der Waals surface area (Å²) in [5, 5.41) is 0. The molecule has 7 heteroatoms. The van der Waals surface area contributed by atoms with Crippen LogP contribution in [0.5, 0.6) is 0 Å². The maximum atomic E-state index is 11.6. The van der Waals surface area contributed by atoms with Crippen molar-refractivity contribution in [2.24, 2.45) is 0 Å². The van der Waals surface area contributed by atoms with Crippen molar-refractivity contribution in [1.82, 2.24) is 4.90 Å². The van der Waals surface area contributed by atoms with Crippen LogP contribution in [0.3, 0.4) is 0 Å². The summed E-state index contributed by atoms with van der Waals surface area (Å²) in [5.74, 6) is -0.368. The van der Waals surface area contributed by atoms with Crippen LogP contribution in [-0.2, 0) is 14.1 Å². The first-order valence-electron chi connectivity index (χ1n) is 5.39. The third-order valence-corrected chi connectivity index (χ3v) is 3.18. The summed E-state index contributed by atoms with van der Waals surface area (Å²) in [6, 6.07) is -0.487. The van der Waals surface area contributed by atoms with E-state index in [0.717, 1.165) is 12.8 Å². The Balaban J connectivity index is 2.51. The summed E-state index contributed by atoms with van der Waals surface area (Å²) >= 11 is 0. The highest BCUT2D eigenvalue weighted by atomic mass is 31.2. The molecule has 6 nitrogen and oxygen atoms in total. The number of hydrogen-bond donors (Lipinski definition) is 2. The summed E-state index contributed by atoms with van der Waals surface area (Å²) in [5.41, 5.74) is 0. The van der Waals surface area contributed by atoms with E-state index in [9.17, 15) is 9.36 Å². The van der Waals surface area contributed by atoms with Gasteiger partial charge >= 0.3 is 13.6 Å². The van der Waals surface area contributed by atoms with Crippen molar-refractivity contribution >= 4 is 13.6 Å². The SMILES string of the molecule is CCCOC(=O)C1CCCN1CP(=O)(O)O. The summed E-state index contributed by atoms with van der Waals surface area (Å²) in [6.45, 7) is 2.80. The number of nitrogens with zero attached hydrogens (tertiary/aromatic N) is 1. The van der Waals surface area contributed by atoms with E-state index in [-0.39, 0.29) is 12.3 Å². The van der Waals surface area contributed by atoms with Crippen LogP contribution in [0, 0.1) is 0 Å². The van der Waals surface area contributed by atoms with Crippen LogP contribution < -0.4 is 0 Å². The van der Waals surface area contributed by atoms with Gasteiger partial charge in [0.1, 0.15) is 12.3 Å². The molecule has 0 aromatic heterocycles. The fraction of sp³-hybridized carbons (Fsp3) is 0.889. The number of carbonyl (C=O) groups is 1. The zero-order valence-corrected chi connectivity index (χ0v) is 10.2. The van der Waals surface area contributed by atoms with Gasteiger partial charge in [0.2, 0.25) is 0 Å². The Morgan fingerprint density at radius 1 is 1.56 bits per heavy atom. The minimum absolute atomic E-state index is 0.360. The summed E-state index contributed by atoms with van der Waals surface area (Å²) in [4.78, 5) is 30.8. The number of rotatable bonds is 5. The smallest absolute Gasteiger partial charge is 0.339 e. The molecule has 1 unspecified atom stereocenters. The highest BCUT2D eigenvalue weighted by molar-refractivity contribution is 7.51. The highest BCUT2D eigenvalue weighted by Gasteiger charge is 2.35. The Labute approximate surface area is 94.7 Å². The number of likely N-dealkylation sites (tertiary alicyclic amines) is 1. The molecule has 0 bridgehead atoms. The van der Waals surface area contributed by atoms with Crippen molar-refractivity contribution in [1.29, 1.82) is 0 Å². The molecule has 94 valence electrons. The van der Waals surface area contributed by atoms with Crippen LogP contribution in [-0.4, -0.2) is 46.1 Å². The Morgan fingerprint density at radius 2 is 2.25 bits per heavy atom. The van der Waals surface area contributed by atoms with Gasteiger partial charge in [-0.3, -0.25) is 14.3 Å². The maximum Gasteiger partial charge on any atom is 0.339 e. The van der Waals surface area contributed by atoms with E-state index in [1.54, 1.807) is 0 Å². The van der Waals surface area contributed by atoms with Gasteiger partial charge in [0.05, 0.1) is 6.61 Å². The largest absolute Gasteiger partial charge is 0.465 e. The van der Waals surface area contributed by atoms with E-state index >= 15 is 0 Å². The molecular weight excluding hydrogens is 233 g/mol. The molecule has 0 radical (unpaired) electrons. The number of ether oxygens (including phenoxy) is 1. The lowest BCUT2D eigenvalue weighted by Crippen LogP contribution is -2.37. The average Bonchev–Trinajstić information content (AvgIpc) is 2.59. The van der Waals surface area contributed by atoms with Crippen molar-refractivity contribution in [2.45, 2.75) is 32.2 Å². The Bertz CT molecular complexity index is 290. The minimum atomic E-state index is -4.10. The Hall–Kier alpha value is -0.420. The minimum Gasteiger partial charge on any atom is -0.465 e. The lowest BCUT2D eigenvalue weighted by Gasteiger charge is -2.22. The van der Waals surface area contributed by atoms with Crippen LogP contribution in [0.15, 0.2) is 0 Å². The van der Waals surface area contributed by atoms with Crippen molar-refractivity contribution in [3.63, 3.8) is 0 Å². The molecule has 1 aliphatic heterocycles. The topological polar surface area (TPSA) is 87.1 Å². The zero-order chi connectivity index (χ0) is 12.2. The lowest BCUT2D eigenvalue weighted by atomic mass is 10.2. The molecule has 0 aliphatic carbocycles. The molecule has 16 heavy (non-hydrogen) atoms. The molecule has 1 saturated heterocycles. The van der Waals surface area contributed by atoms with Gasteiger partial charge < -0.3 is 14.5 Å². The van der Waals surface area contributed by atoms with Gasteiger partial charge in [-0.2, -0.15) is 0 Å². The van der Waals surface area contributed by atoms with Crippen LogP contribution >= 0.6 is 7.60 Å². The van der Waals surface area contributed by atoms with Gasteiger partial charge in [-0.1, -0.05) is 6.92 Å². The normalized spacial score (nSPS) is 22.3. The van der Waals surface area contributed by atoms with Crippen molar-refractivity contribution < 1.29 is 23.9 Å². The maximum absolute atomic E-state index is 11.6. The van der Waals surface area contributed by atoms with E-state index < -0.39 is 13.6 Å². The summed E-state index contributed by atoms with van der Waals surface area (Å²) in [7, 11) is -4.10. The van der Waals surface area contributed by atoms with E-state index in [4.69, 9.17) is 14.5 Å². The summed E-state index contributed by atoms with van der Waals surface area (Å²) < 4.78 is 15.9. The van der Waals surface area contributed by atoms with Crippen LogP contribution in [0.25, 0.3) is 0 Å². The fourth-order valence-corrected chi connectivity index (χ4v) is 2.61. The lowest BCUT2D eigenvalue weighted by molar-refractivity contribution is -0.148. The van der Waals surface area contributed by atoms with Gasteiger partial charge in [0.15, 0.2) is 0 Å². The molecule has 1 aliphatic rings. The van der Waals surface area contributed by atoms with Crippen molar-refractivity contribution in [2.75, 3.05) is 19.4 Å². The molecule has 2 N–H and O–H groups in total. The second kappa shape index (κ2) is 5.77. The van der Waals surface area contributed by atoms with Crippen molar-refractivity contribution in [3.8, 4) is 0 Å². The van der Waals surface area contributed by atoms with Gasteiger partial charge in [-0.15, -0.1) is 0 Å². The molecule has 1 rings (SSSR count). The van der Waals surface area contributed by atoms with Gasteiger partial charge in [-0.25, -0.2) is 0 Å². The summed E-state index contributed by atoms with van der Waals surface area (Å²) in [6.07, 6.45) is 1.77. The van der Waals surface area contributed by atoms with E-state index in [1.807, 2.05) is 6.92 Å². The molecule has 0 aromatic carbocycles. The average molecular weight is 251 g/mol. The predicted molar refractivity (Wildman–Crippen MR) is 57.9 cm³/mol. The third kappa shape index (κ3) is 4.22. The first kappa shape index (κ1) is 13.6. The Morgan fingerprint density at radius 3 is 2.81 bits per heavy atom. The third-order valence-electron chi connectivity index (χ3n) is 2.45. The molecular formula is C9H18NO5P. The molecule has 1 atom stereocenters. The van der Waals surface area contributed by atoms with E-state index in [1.165, 1.54) is 4.90 Å². The zero-order valence-electron chi connectivity index (χ0n) is 9.33. The number of carbonyl (C=O) groups excluding carboxylic acids is 1. The quantitative estimate of drug-likeness (QED) is 0.547. The highest BCUT2D eigenvalue weighted by Crippen LogP contribution is 2.37. The van der Waals surface area contributed by atoms with Crippen LogP contribution in [0.1, 0.15) is 26.2 Å². The molecule has 1 heterocycles. The monoisotopic (exact) mass is 251 g/mol. The van der Waals surface area contributed by atoms with Gasteiger partial charge in [0, 0.05) is 0 Å². The first-order chi connectivity index (χ1) is 7.44. The second-order valence-corrected chi connectivity index (χ2v) is 5.56. The first-order valence-corrected chi connectivity index (χ1v) is 7.19. The molecule has 0 saturated carbocycles. The van der Waals surface area contributed by atoms with Gasteiger partial charge in [-0.05, 0) is 25.8 Å². The number of hydrogen-bond acceptors (Lipinski definition) is 4. The van der Waals surface area contributed by atoms with E-state index in [2.05, 4.69) is 0 Å². The molecule has 1 fully saturated rings. The van der Waals surface area contributed by atoms with Crippen LogP contribution in [0.2, 0.25) is 0 Å². The Kier molecular flexibility index (Phi) is 4.92. The van der Waals surface area contributed by atoms with Crippen molar-refractivity contribution in [3.05, 3.63) is 0 Å².